The molecule has 10 nitrogen and oxygen atoms in total. The lowest BCUT2D eigenvalue weighted by atomic mass is 9.95. The van der Waals surface area contributed by atoms with Crippen molar-refractivity contribution in [3.05, 3.63) is 48.0 Å². The number of anilines is 2. The molecule has 0 fully saturated rings. The summed E-state index contributed by atoms with van der Waals surface area (Å²) in [6.07, 6.45) is 0.387. The molecule has 1 atom stereocenters. The molecule has 4 rings (SSSR count). The number of nitrogens with one attached hydrogen (secondary N) is 1. The number of ether oxygens (including phenoxy) is 1. The third-order valence-electron chi connectivity index (χ3n) is 4.97. The number of benzene rings is 1. The molecule has 0 spiro atoms. The van der Waals surface area contributed by atoms with Gasteiger partial charge in [0.15, 0.2) is 6.10 Å². The second-order valence-electron chi connectivity index (χ2n) is 7.48. The summed E-state index contributed by atoms with van der Waals surface area (Å²) in [5.74, 6) is -1.67. The van der Waals surface area contributed by atoms with E-state index in [0.717, 1.165) is 5.69 Å². The highest BCUT2D eigenvalue weighted by molar-refractivity contribution is 6.15. The van der Waals surface area contributed by atoms with E-state index in [1.54, 1.807) is 57.3 Å². The third-order valence-corrected chi connectivity index (χ3v) is 4.97. The first-order valence-corrected chi connectivity index (χ1v) is 9.34. The maximum absolute atomic E-state index is 13.2. The van der Waals surface area contributed by atoms with Crippen LogP contribution in [0, 0.1) is 6.92 Å². The van der Waals surface area contributed by atoms with Gasteiger partial charge >= 0.3 is 5.97 Å². The molecule has 2 aromatic heterocycles. The van der Waals surface area contributed by atoms with Crippen molar-refractivity contribution in [2.45, 2.75) is 39.3 Å². The SMILES string of the molecule is Cc1ccnc2nc(C(=O)O[C@@H](C)C(=O)N3c4ccccc4NC(=O)C3(C)C)nn12. The monoisotopic (exact) mass is 408 g/mol. The summed E-state index contributed by atoms with van der Waals surface area (Å²) in [4.78, 5) is 47.8. The van der Waals surface area contributed by atoms with Gasteiger partial charge < -0.3 is 10.1 Å². The molecule has 0 bridgehead atoms. The molecule has 0 saturated heterocycles. The Labute approximate surface area is 171 Å². The normalized spacial score (nSPS) is 16.0. The number of nitrogens with zero attached hydrogens (tertiary/aromatic N) is 5. The fourth-order valence-corrected chi connectivity index (χ4v) is 3.28. The highest BCUT2D eigenvalue weighted by Crippen LogP contribution is 2.37. The molecule has 1 aromatic carbocycles. The first kappa shape index (κ1) is 19.5. The largest absolute Gasteiger partial charge is 0.447 e. The molecular weight excluding hydrogens is 388 g/mol. The number of amides is 2. The zero-order valence-corrected chi connectivity index (χ0v) is 16.9. The van der Waals surface area contributed by atoms with Gasteiger partial charge in [-0.1, -0.05) is 12.1 Å². The van der Waals surface area contributed by atoms with Gasteiger partial charge in [0.1, 0.15) is 5.54 Å². The van der Waals surface area contributed by atoms with Crippen LogP contribution in [0.25, 0.3) is 5.78 Å². The molecule has 3 aromatic rings. The Bertz CT molecular complexity index is 1190. The van der Waals surface area contributed by atoms with E-state index in [1.165, 1.54) is 16.3 Å². The van der Waals surface area contributed by atoms with Gasteiger partial charge in [0.2, 0.25) is 5.91 Å². The molecule has 10 heteroatoms. The van der Waals surface area contributed by atoms with E-state index in [1.807, 2.05) is 0 Å². The fourth-order valence-electron chi connectivity index (χ4n) is 3.28. The second-order valence-corrected chi connectivity index (χ2v) is 7.48. The van der Waals surface area contributed by atoms with E-state index in [2.05, 4.69) is 20.4 Å². The molecule has 30 heavy (non-hydrogen) atoms. The fraction of sp³-hybridized carbons (Fsp3) is 0.300. The number of carbonyl (C=O) groups excluding carboxylic acids is 3. The number of rotatable bonds is 3. The maximum atomic E-state index is 13.2. The Hall–Kier alpha value is -3.82. The zero-order chi connectivity index (χ0) is 21.6. The molecule has 1 aliphatic heterocycles. The van der Waals surface area contributed by atoms with Crippen LogP contribution in [0.15, 0.2) is 36.5 Å². The standard InChI is InChI=1S/C20H20N6O4/c1-11-9-10-21-19-23-15(24-26(11)19)17(28)30-12(2)16(27)25-14-8-6-5-7-13(14)22-18(29)20(25,3)4/h5-10,12H,1-4H3,(H,22,29)/t12-/m0/s1. The van der Waals surface area contributed by atoms with Crippen molar-refractivity contribution in [2.24, 2.45) is 0 Å². The van der Waals surface area contributed by atoms with Gasteiger partial charge in [-0.3, -0.25) is 14.5 Å². The molecule has 0 unspecified atom stereocenters. The van der Waals surface area contributed by atoms with Gasteiger partial charge in [0, 0.05) is 11.9 Å². The highest BCUT2D eigenvalue weighted by Gasteiger charge is 2.45. The van der Waals surface area contributed by atoms with E-state index in [4.69, 9.17) is 4.74 Å². The Morgan fingerprint density at radius 3 is 2.67 bits per heavy atom. The summed E-state index contributed by atoms with van der Waals surface area (Å²) in [7, 11) is 0. The van der Waals surface area contributed by atoms with Gasteiger partial charge in [0.05, 0.1) is 11.4 Å². The lowest BCUT2D eigenvalue weighted by Crippen LogP contribution is -2.60. The lowest BCUT2D eigenvalue weighted by Gasteiger charge is -2.42. The van der Waals surface area contributed by atoms with Gasteiger partial charge in [-0.15, -0.1) is 5.10 Å². The topological polar surface area (TPSA) is 119 Å². The minimum atomic E-state index is -1.17. The molecule has 2 amide bonds. The summed E-state index contributed by atoms with van der Waals surface area (Å²) in [5, 5.41) is 6.88. The predicted molar refractivity (Wildman–Crippen MR) is 107 cm³/mol. The van der Waals surface area contributed by atoms with Gasteiger partial charge in [-0.25, -0.2) is 14.3 Å². The van der Waals surface area contributed by atoms with Crippen LogP contribution in [0.5, 0.6) is 0 Å². The number of hydrogen-bond donors (Lipinski definition) is 1. The lowest BCUT2D eigenvalue weighted by molar-refractivity contribution is -0.131. The number of hydrogen-bond acceptors (Lipinski definition) is 7. The summed E-state index contributed by atoms with van der Waals surface area (Å²) in [5.41, 5.74) is 0.611. The second kappa shape index (κ2) is 6.90. The van der Waals surface area contributed by atoms with Crippen LogP contribution >= 0.6 is 0 Å². The van der Waals surface area contributed by atoms with Crippen LogP contribution in [-0.4, -0.2) is 49.0 Å². The number of fused-ring (bicyclic) bond motifs is 2. The van der Waals surface area contributed by atoms with Crippen LogP contribution in [0.4, 0.5) is 11.4 Å². The van der Waals surface area contributed by atoms with E-state index in [-0.39, 0.29) is 17.5 Å². The number of carbonyl (C=O) groups is 3. The van der Waals surface area contributed by atoms with Gasteiger partial charge in [0.25, 0.3) is 17.5 Å². The number of aromatic nitrogens is 4. The molecule has 0 saturated carbocycles. The summed E-state index contributed by atoms with van der Waals surface area (Å²) >= 11 is 0. The van der Waals surface area contributed by atoms with Crippen LogP contribution < -0.4 is 10.2 Å². The van der Waals surface area contributed by atoms with E-state index in [9.17, 15) is 14.4 Å². The van der Waals surface area contributed by atoms with Crippen LogP contribution in [0.1, 0.15) is 37.1 Å². The average molecular weight is 408 g/mol. The molecule has 3 heterocycles. The van der Waals surface area contributed by atoms with Crippen LogP contribution in [-0.2, 0) is 14.3 Å². The summed E-state index contributed by atoms with van der Waals surface area (Å²) < 4.78 is 6.75. The minimum absolute atomic E-state index is 0.201. The van der Waals surface area contributed by atoms with Crippen molar-refractivity contribution < 1.29 is 19.1 Å². The Balaban J connectivity index is 1.60. The van der Waals surface area contributed by atoms with Crippen molar-refractivity contribution >= 4 is 34.9 Å². The van der Waals surface area contributed by atoms with Gasteiger partial charge in [-0.2, -0.15) is 4.98 Å². The molecule has 0 radical (unpaired) electrons. The molecule has 0 aliphatic carbocycles. The first-order chi connectivity index (χ1) is 14.2. The number of esters is 1. The summed E-state index contributed by atoms with van der Waals surface area (Å²) in [6.45, 7) is 6.50. The van der Waals surface area contributed by atoms with Crippen molar-refractivity contribution in [3.8, 4) is 0 Å². The average Bonchev–Trinajstić information content (AvgIpc) is 3.14. The van der Waals surface area contributed by atoms with Crippen LogP contribution in [0.2, 0.25) is 0 Å². The van der Waals surface area contributed by atoms with Gasteiger partial charge in [-0.05, 0) is 45.9 Å². The Morgan fingerprint density at radius 1 is 1.20 bits per heavy atom. The Kier molecular flexibility index (Phi) is 4.49. The van der Waals surface area contributed by atoms with E-state index < -0.39 is 23.5 Å². The van der Waals surface area contributed by atoms with Crippen molar-refractivity contribution in [3.63, 3.8) is 0 Å². The minimum Gasteiger partial charge on any atom is -0.447 e. The van der Waals surface area contributed by atoms with Crippen LogP contribution in [0.3, 0.4) is 0 Å². The zero-order valence-electron chi connectivity index (χ0n) is 16.9. The predicted octanol–water partition coefficient (Wildman–Crippen LogP) is 1.74. The number of aryl methyl sites for hydroxylation is 1. The summed E-state index contributed by atoms with van der Waals surface area (Å²) in [6, 6.07) is 8.67. The van der Waals surface area contributed by atoms with Crippen molar-refractivity contribution in [2.75, 3.05) is 10.2 Å². The van der Waals surface area contributed by atoms with Crippen molar-refractivity contribution in [1.82, 2.24) is 19.6 Å². The molecular formula is C20H20N6O4. The Morgan fingerprint density at radius 2 is 1.93 bits per heavy atom. The highest BCUT2D eigenvalue weighted by atomic mass is 16.5. The van der Waals surface area contributed by atoms with E-state index in [0.29, 0.717) is 11.4 Å². The quantitative estimate of drug-likeness (QED) is 0.656. The van der Waals surface area contributed by atoms with E-state index >= 15 is 0 Å². The molecule has 1 aliphatic rings. The first-order valence-electron chi connectivity index (χ1n) is 9.34. The van der Waals surface area contributed by atoms with Crippen molar-refractivity contribution in [1.29, 1.82) is 0 Å². The number of para-hydroxylation sites is 2. The third kappa shape index (κ3) is 3.06. The molecule has 154 valence electrons. The maximum Gasteiger partial charge on any atom is 0.379 e. The molecule has 1 N–H and O–H groups in total. The smallest absolute Gasteiger partial charge is 0.379 e.